The fourth-order valence-electron chi connectivity index (χ4n) is 1.46. The fourth-order valence-corrected chi connectivity index (χ4v) is 1.46. The lowest BCUT2D eigenvalue weighted by Crippen LogP contribution is -2.38. The van der Waals surface area contributed by atoms with E-state index in [0.29, 0.717) is 17.0 Å². The molecule has 0 atom stereocenters. The molecular formula is C12H15N3O2. The minimum absolute atomic E-state index is 0.207. The number of primary amides is 1. The number of carbonyl (C=O) groups excluding carboxylic acids is 2. The SMILES string of the molecule is NC(=O)c1ccc(C(=O)NNCC2CC2)cc1. The summed E-state index contributed by atoms with van der Waals surface area (Å²) in [5, 5.41) is 0. The van der Waals surface area contributed by atoms with Gasteiger partial charge in [-0.2, -0.15) is 0 Å². The summed E-state index contributed by atoms with van der Waals surface area (Å²) < 4.78 is 0. The summed E-state index contributed by atoms with van der Waals surface area (Å²) in [5.74, 6) is -0.00183. The maximum absolute atomic E-state index is 11.6. The summed E-state index contributed by atoms with van der Waals surface area (Å²) in [6.07, 6.45) is 2.46. The topological polar surface area (TPSA) is 84.2 Å². The summed E-state index contributed by atoms with van der Waals surface area (Å²) in [4.78, 5) is 22.5. The van der Waals surface area contributed by atoms with Gasteiger partial charge in [-0.05, 0) is 43.0 Å². The highest BCUT2D eigenvalue weighted by Crippen LogP contribution is 2.27. The van der Waals surface area contributed by atoms with Gasteiger partial charge in [-0.1, -0.05) is 0 Å². The maximum atomic E-state index is 11.6. The average Bonchev–Trinajstić information content (AvgIpc) is 3.13. The van der Waals surface area contributed by atoms with Crippen LogP contribution in [-0.4, -0.2) is 18.4 Å². The first-order valence-electron chi connectivity index (χ1n) is 5.60. The van der Waals surface area contributed by atoms with E-state index in [9.17, 15) is 9.59 Å². The smallest absolute Gasteiger partial charge is 0.265 e. The van der Waals surface area contributed by atoms with Crippen LogP contribution in [0.5, 0.6) is 0 Å². The van der Waals surface area contributed by atoms with Crippen LogP contribution < -0.4 is 16.6 Å². The van der Waals surface area contributed by atoms with Crippen molar-refractivity contribution in [1.29, 1.82) is 0 Å². The number of amides is 2. The van der Waals surface area contributed by atoms with Crippen molar-refractivity contribution in [3.05, 3.63) is 35.4 Å². The second-order valence-corrected chi connectivity index (χ2v) is 4.22. The van der Waals surface area contributed by atoms with E-state index >= 15 is 0 Å². The van der Waals surface area contributed by atoms with E-state index in [1.54, 1.807) is 12.1 Å². The van der Waals surface area contributed by atoms with E-state index in [2.05, 4.69) is 10.9 Å². The van der Waals surface area contributed by atoms with E-state index in [-0.39, 0.29) is 5.91 Å². The Morgan fingerprint density at radius 3 is 2.29 bits per heavy atom. The third-order valence-corrected chi connectivity index (χ3v) is 2.72. The first-order chi connectivity index (χ1) is 8.16. The molecule has 1 aliphatic carbocycles. The highest BCUT2D eigenvalue weighted by molar-refractivity contribution is 5.96. The number of carbonyl (C=O) groups is 2. The molecule has 5 nitrogen and oxygen atoms in total. The molecule has 1 aliphatic rings. The van der Waals surface area contributed by atoms with Crippen molar-refractivity contribution in [2.75, 3.05) is 6.54 Å². The lowest BCUT2D eigenvalue weighted by molar-refractivity contribution is 0.0930. The number of benzene rings is 1. The number of hydrogen-bond donors (Lipinski definition) is 3. The van der Waals surface area contributed by atoms with Crippen molar-refractivity contribution >= 4 is 11.8 Å². The number of nitrogens with two attached hydrogens (primary N) is 1. The van der Waals surface area contributed by atoms with Crippen LogP contribution in [0.3, 0.4) is 0 Å². The summed E-state index contributed by atoms with van der Waals surface area (Å²) in [7, 11) is 0. The van der Waals surface area contributed by atoms with Crippen molar-refractivity contribution < 1.29 is 9.59 Å². The van der Waals surface area contributed by atoms with Crippen molar-refractivity contribution in [1.82, 2.24) is 10.9 Å². The van der Waals surface area contributed by atoms with Gasteiger partial charge in [0.1, 0.15) is 0 Å². The van der Waals surface area contributed by atoms with Gasteiger partial charge in [-0.15, -0.1) is 0 Å². The van der Waals surface area contributed by atoms with E-state index in [1.807, 2.05) is 0 Å². The Kier molecular flexibility index (Phi) is 3.39. The summed E-state index contributed by atoms with van der Waals surface area (Å²) in [6, 6.07) is 6.23. The van der Waals surface area contributed by atoms with Crippen molar-refractivity contribution in [3.63, 3.8) is 0 Å². The van der Waals surface area contributed by atoms with Crippen LogP contribution in [0, 0.1) is 5.92 Å². The monoisotopic (exact) mass is 233 g/mol. The van der Waals surface area contributed by atoms with E-state index in [1.165, 1.54) is 25.0 Å². The van der Waals surface area contributed by atoms with Gasteiger partial charge < -0.3 is 5.73 Å². The van der Waals surface area contributed by atoms with Crippen LogP contribution in [0.1, 0.15) is 33.6 Å². The van der Waals surface area contributed by atoms with Crippen LogP contribution >= 0.6 is 0 Å². The molecule has 17 heavy (non-hydrogen) atoms. The number of rotatable bonds is 5. The Labute approximate surface area is 99.3 Å². The van der Waals surface area contributed by atoms with Crippen LogP contribution in [-0.2, 0) is 0 Å². The second kappa shape index (κ2) is 4.97. The summed E-state index contributed by atoms with van der Waals surface area (Å²) >= 11 is 0. The molecule has 0 bridgehead atoms. The molecule has 0 spiro atoms. The molecule has 1 aromatic carbocycles. The highest BCUT2D eigenvalue weighted by atomic mass is 16.2. The van der Waals surface area contributed by atoms with Gasteiger partial charge in [0.15, 0.2) is 0 Å². The molecular weight excluding hydrogens is 218 g/mol. The zero-order valence-corrected chi connectivity index (χ0v) is 9.40. The number of nitrogens with one attached hydrogen (secondary N) is 2. The fraction of sp³-hybridized carbons (Fsp3) is 0.333. The van der Waals surface area contributed by atoms with Gasteiger partial charge >= 0.3 is 0 Å². The third kappa shape index (κ3) is 3.29. The van der Waals surface area contributed by atoms with Gasteiger partial charge in [0.05, 0.1) is 0 Å². The molecule has 4 N–H and O–H groups in total. The lowest BCUT2D eigenvalue weighted by Gasteiger charge is -2.06. The minimum Gasteiger partial charge on any atom is -0.366 e. The molecule has 0 aromatic heterocycles. The van der Waals surface area contributed by atoms with Gasteiger partial charge in [0.25, 0.3) is 5.91 Å². The molecule has 0 saturated heterocycles. The highest BCUT2D eigenvalue weighted by Gasteiger charge is 2.20. The van der Waals surface area contributed by atoms with E-state index in [0.717, 1.165) is 6.54 Å². The molecule has 2 amide bonds. The van der Waals surface area contributed by atoms with E-state index in [4.69, 9.17) is 5.73 Å². The largest absolute Gasteiger partial charge is 0.366 e. The zero-order valence-electron chi connectivity index (χ0n) is 9.40. The molecule has 0 heterocycles. The molecule has 2 rings (SSSR count). The van der Waals surface area contributed by atoms with Crippen LogP contribution in [0.2, 0.25) is 0 Å². The van der Waals surface area contributed by atoms with Gasteiger partial charge in [-0.3, -0.25) is 15.0 Å². The first-order valence-corrected chi connectivity index (χ1v) is 5.60. The Morgan fingerprint density at radius 2 is 1.76 bits per heavy atom. The van der Waals surface area contributed by atoms with Gasteiger partial charge in [0, 0.05) is 17.7 Å². The number of hydrazine groups is 1. The minimum atomic E-state index is -0.496. The van der Waals surface area contributed by atoms with Crippen molar-refractivity contribution in [3.8, 4) is 0 Å². The quantitative estimate of drug-likeness (QED) is 0.645. The molecule has 90 valence electrons. The molecule has 0 aliphatic heterocycles. The predicted molar refractivity (Wildman–Crippen MR) is 63.2 cm³/mol. The van der Waals surface area contributed by atoms with Gasteiger partial charge in [0.2, 0.25) is 5.91 Å². The predicted octanol–water partition coefficient (Wildman–Crippen LogP) is 0.430. The number of hydrogen-bond acceptors (Lipinski definition) is 3. The first kappa shape index (κ1) is 11.6. The standard InChI is InChI=1S/C12H15N3O2/c13-11(16)9-3-5-10(6-4-9)12(17)15-14-7-8-1-2-8/h3-6,8,14H,1-2,7H2,(H2,13,16)(H,15,17). The molecule has 5 heteroatoms. The lowest BCUT2D eigenvalue weighted by atomic mass is 10.1. The Morgan fingerprint density at radius 1 is 1.18 bits per heavy atom. The van der Waals surface area contributed by atoms with Crippen LogP contribution in [0.4, 0.5) is 0 Å². The molecule has 1 saturated carbocycles. The molecule has 1 aromatic rings. The van der Waals surface area contributed by atoms with Crippen molar-refractivity contribution in [2.45, 2.75) is 12.8 Å². The molecule has 0 unspecified atom stereocenters. The zero-order chi connectivity index (χ0) is 12.3. The maximum Gasteiger partial charge on any atom is 0.265 e. The second-order valence-electron chi connectivity index (χ2n) is 4.22. The molecule has 0 radical (unpaired) electrons. The van der Waals surface area contributed by atoms with E-state index < -0.39 is 5.91 Å². The third-order valence-electron chi connectivity index (χ3n) is 2.72. The van der Waals surface area contributed by atoms with Crippen LogP contribution in [0.15, 0.2) is 24.3 Å². The van der Waals surface area contributed by atoms with Crippen molar-refractivity contribution in [2.24, 2.45) is 11.7 Å². The Bertz CT molecular complexity index is 424. The average molecular weight is 233 g/mol. The molecule has 1 fully saturated rings. The van der Waals surface area contributed by atoms with Crippen LogP contribution in [0.25, 0.3) is 0 Å². The summed E-state index contributed by atoms with van der Waals surface area (Å²) in [5.41, 5.74) is 11.5. The normalized spacial score (nSPS) is 14.4. The Balaban J connectivity index is 1.86. The Hall–Kier alpha value is -1.88. The summed E-state index contributed by atoms with van der Waals surface area (Å²) in [6.45, 7) is 0.811. The van der Waals surface area contributed by atoms with Gasteiger partial charge in [-0.25, -0.2) is 5.43 Å².